The average molecular weight is 692 g/mol. The number of benzene rings is 2. The molecule has 12 nitrogen and oxygen atoms in total. The van der Waals surface area contributed by atoms with Crippen LogP contribution in [0, 0.1) is 11.3 Å². The van der Waals surface area contributed by atoms with Crippen LogP contribution in [0.3, 0.4) is 0 Å². The Labute approximate surface area is 287 Å². The number of aliphatic hydroxyl groups is 2. The smallest absolute Gasteiger partial charge is 0.253 e. The summed E-state index contributed by atoms with van der Waals surface area (Å²) < 4.78 is 27.3. The summed E-state index contributed by atoms with van der Waals surface area (Å²) in [5.41, 5.74) is 1.05. The predicted octanol–water partition coefficient (Wildman–Crippen LogP) is 2.73. The van der Waals surface area contributed by atoms with Crippen molar-refractivity contribution in [3.05, 3.63) is 102 Å². The molecule has 3 aromatic rings. The van der Waals surface area contributed by atoms with E-state index in [0.29, 0.717) is 31.2 Å². The Morgan fingerprint density at radius 1 is 0.796 bits per heavy atom. The second-order valence-electron chi connectivity index (χ2n) is 11.9. The van der Waals surface area contributed by atoms with Gasteiger partial charge in [0.25, 0.3) is 11.8 Å². The Kier molecular flexibility index (Phi) is 15.3. The zero-order valence-electron chi connectivity index (χ0n) is 27.7. The monoisotopic (exact) mass is 691 g/mol. The first kappa shape index (κ1) is 38.8. The molecular weight excluding hydrogens is 646 g/mol. The minimum absolute atomic E-state index is 0.0129. The number of hydrogen-bond donors (Lipinski definition) is 5. The number of pyridine rings is 1. The van der Waals surface area contributed by atoms with Gasteiger partial charge in [-0.1, -0.05) is 75.2 Å². The maximum atomic E-state index is 14.0. The lowest BCUT2D eigenvalue weighted by molar-refractivity contribution is -0.125. The normalized spacial score (nSPS) is 14.4. The molecule has 1 aromatic heterocycles. The van der Waals surface area contributed by atoms with Gasteiger partial charge in [-0.3, -0.25) is 19.4 Å². The number of nitrogens with one attached hydrogen (secondary N) is 3. The van der Waals surface area contributed by atoms with Crippen molar-refractivity contribution >= 4 is 27.6 Å². The van der Waals surface area contributed by atoms with Gasteiger partial charge in [0.15, 0.2) is 9.84 Å². The molecule has 5 N–H and O–H groups in total. The lowest BCUT2D eigenvalue weighted by Gasteiger charge is -2.33. The largest absolute Gasteiger partial charge is 0.388 e. The van der Waals surface area contributed by atoms with Crippen molar-refractivity contribution in [2.75, 3.05) is 5.75 Å². The average Bonchev–Trinajstić information content (AvgIpc) is 3.11. The van der Waals surface area contributed by atoms with E-state index in [1.54, 1.807) is 60.7 Å². The quantitative estimate of drug-likeness (QED) is 0.125. The molecule has 13 heteroatoms. The predicted molar refractivity (Wildman–Crippen MR) is 185 cm³/mol. The van der Waals surface area contributed by atoms with Crippen LogP contribution in [0.4, 0.5) is 0 Å². The van der Waals surface area contributed by atoms with Crippen LogP contribution >= 0.6 is 0 Å². The standard InChI is InChI=1S/C36H45N5O7S/c1-3-12-28(13-4-2)49(47,48)24-31(41-35(45)27-18-11-21-38-23-27)36(46)40-30(22-25-14-7-5-8-15-25)33(43)32(42)29(19-20-37)39-34(44)26-16-9-6-10-17-26/h5-11,14-18,21,23,28-33,42-43H,3-4,12-13,19,22,24H2,1-2H3,(H,39,44)(H,40,46)(H,41,45)/t29-,30+,31-,32-,33-/m1/s1. The van der Waals surface area contributed by atoms with Crippen LogP contribution in [0.25, 0.3) is 0 Å². The maximum absolute atomic E-state index is 14.0. The Morgan fingerprint density at radius 3 is 1.94 bits per heavy atom. The third kappa shape index (κ3) is 11.8. The van der Waals surface area contributed by atoms with Gasteiger partial charge in [-0.15, -0.1) is 0 Å². The van der Waals surface area contributed by atoms with Gasteiger partial charge in [0.1, 0.15) is 18.2 Å². The van der Waals surface area contributed by atoms with E-state index in [1.165, 1.54) is 24.5 Å². The van der Waals surface area contributed by atoms with Crippen LogP contribution in [-0.4, -0.2) is 82.7 Å². The van der Waals surface area contributed by atoms with E-state index in [1.807, 2.05) is 19.9 Å². The third-order valence-corrected chi connectivity index (χ3v) is 10.4. The van der Waals surface area contributed by atoms with Crippen molar-refractivity contribution in [1.82, 2.24) is 20.9 Å². The number of hydrogen-bond acceptors (Lipinski definition) is 9. The number of nitriles is 1. The summed E-state index contributed by atoms with van der Waals surface area (Å²) in [6.07, 6.45) is 0.899. The van der Waals surface area contributed by atoms with Crippen molar-refractivity contribution in [2.24, 2.45) is 0 Å². The minimum atomic E-state index is -3.90. The van der Waals surface area contributed by atoms with Crippen molar-refractivity contribution in [1.29, 1.82) is 5.26 Å². The van der Waals surface area contributed by atoms with E-state index in [4.69, 9.17) is 0 Å². The highest BCUT2D eigenvalue weighted by Crippen LogP contribution is 2.18. The number of nitrogens with zero attached hydrogens (tertiary/aromatic N) is 2. The lowest BCUT2D eigenvalue weighted by Crippen LogP contribution is -2.60. The molecular formula is C36H45N5O7S. The summed E-state index contributed by atoms with van der Waals surface area (Å²) in [6, 6.07) is 17.8. The molecule has 0 unspecified atom stereocenters. The van der Waals surface area contributed by atoms with Gasteiger partial charge >= 0.3 is 0 Å². The van der Waals surface area contributed by atoms with E-state index >= 15 is 0 Å². The summed E-state index contributed by atoms with van der Waals surface area (Å²) in [5, 5.41) is 39.4. The first-order valence-corrected chi connectivity index (χ1v) is 18.1. The van der Waals surface area contributed by atoms with E-state index in [2.05, 4.69) is 20.9 Å². The van der Waals surface area contributed by atoms with E-state index in [-0.39, 0.29) is 24.0 Å². The van der Waals surface area contributed by atoms with Gasteiger partial charge in [-0.05, 0) is 49.1 Å². The SMILES string of the molecule is CCCC(CCC)S(=O)(=O)C[C@@H](NC(=O)c1cccnc1)C(=O)N[C@@H](Cc1ccccc1)[C@@H](O)[C@H](O)[C@@H](CC#N)NC(=O)c1ccccc1. The molecule has 262 valence electrons. The first-order valence-electron chi connectivity index (χ1n) is 16.4. The topological polar surface area (TPSA) is 199 Å². The van der Waals surface area contributed by atoms with Crippen molar-refractivity contribution in [2.45, 2.75) is 88.0 Å². The summed E-state index contributed by atoms with van der Waals surface area (Å²) in [7, 11) is -3.90. The molecule has 0 saturated carbocycles. The van der Waals surface area contributed by atoms with Crippen LogP contribution in [0.2, 0.25) is 0 Å². The van der Waals surface area contributed by atoms with E-state index < -0.39 is 68.9 Å². The summed E-state index contributed by atoms with van der Waals surface area (Å²) >= 11 is 0. The number of aromatic nitrogens is 1. The zero-order chi connectivity index (χ0) is 35.8. The fourth-order valence-electron chi connectivity index (χ4n) is 5.52. The Morgan fingerprint density at radius 2 is 1.37 bits per heavy atom. The highest BCUT2D eigenvalue weighted by molar-refractivity contribution is 7.92. The molecule has 3 rings (SSSR count). The summed E-state index contributed by atoms with van der Waals surface area (Å²) in [6.45, 7) is 3.74. The minimum Gasteiger partial charge on any atom is -0.388 e. The number of rotatable bonds is 19. The molecule has 3 amide bonds. The molecule has 0 saturated heterocycles. The van der Waals surface area contributed by atoms with E-state index in [0.717, 1.165) is 0 Å². The van der Waals surface area contributed by atoms with Gasteiger partial charge in [0, 0.05) is 18.0 Å². The van der Waals surface area contributed by atoms with Crippen LogP contribution in [-0.2, 0) is 21.1 Å². The van der Waals surface area contributed by atoms with Crippen molar-refractivity contribution in [3.8, 4) is 6.07 Å². The maximum Gasteiger partial charge on any atom is 0.253 e. The van der Waals surface area contributed by atoms with Crippen molar-refractivity contribution in [3.63, 3.8) is 0 Å². The lowest BCUT2D eigenvalue weighted by atomic mass is 9.92. The molecule has 0 aliphatic heterocycles. The van der Waals surface area contributed by atoms with Gasteiger partial charge in [-0.25, -0.2) is 8.42 Å². The van der Waals surface area contributed by atoms with Crippen LogP contribution in [0.1, 0.15) is 72.2 Å². The second-order valence-corrected chi connectivity index (χ2v) is 14.2. The van der Waals surface area contributed by atoms with Gasteiger partial charge in [-0.2, -0.15) is 5.26 Å². The van der Waals surface area contributed by atoms with Gasteiger partial charge < -0.3 is 26.2 Å². The Hall–Kier alpha value is -4.64. The van der Waals surface area contributed by atoms with Gasteiger partial charge in [0.2, 0.25) is 5.91 Å². The number of amides is 3. The highest BCUT2D eigenvalue weighted by atomic mass is 32.2. The molecule has 0 aliphatic carbocycles. The Balaban J connectivity index is 1.94. The molecule has 0 spiro atoms. The first-order chi connectivity index (χ1) is 23.5. The summed E-state index contributed by atoms with van der Waals surface area (Å²) in [5.74, 6) is -2.89. The van der Waals surface area contributed by atoms with Crippen LogP contribution in [0.15, 0.2) is 85.2 Å². The molecule has 0 fully saturated rings. The highest BCUT2D eigenvalue weighted by Gasteiger charge is 2.37. The molecule has 2 aromatic carbocycles. The Bertz CT molecular complexity index is 1630. The zero-order valence-corrected chi connectivity index (χ0v) is 28.6. The molecule has 0 bridgehead atoms. The van der Waals surface area contributed by atoms with Crippen LogP contribution in [0.5, 0.6) is 0 Å². The fourth-order valence-corrected chi connectivity index (χ4v) is 7.68. The van der Waals surface area contributed by atoms with Gasteiger partial charge in [0.05, 0.1) is 41.1 Å². The van der Waals surface area contributed by atoms with E-state index in [9.17, 15) is 38.3 Å². The molecule has 1 heterocycles. The summed E-state index contributed by atoms with van der Waals surface area (Å²) in [4.78, 5) is 44.0. The number of aliphatic hydroxyl groups excluding tert-OH is 2. The second kappa shape index (κ2) is 19.4. The fraction of sp³-hybridized carbons (Fsp3) is 0.417. The van der Waals surface area contributed by atoms with Crippen molar-refractivity contribution < 1.29 is 33.0 Å². The molecule has 49 heavy (non-hydrogen) atoms. The van der Waals surface area contributed by atoms with Crippen LogP contribution < -0.4 is 16.0 Å². The molecule has 5 atom stereocenters. The third-order valence-electron chi connectivity index (χ3n) is 8.14. The number of carbonyl (C=O) groups is 3. The molecule has 0 aliphatic rings. The number of sulfone groups is 1. The number of carbonyl (C=O) groups excluding carboxylic acids is 3. The molecule has 0 radical (unpaired) electrons.